The van der Waals surface area contributed by atoms with Gasteiger partial charge in [-0.3, -0.25) is 0 Å². The fourth-order valence-corrected chi connectivity index (χ4v) is 4.12. The van der Waals surface area contributed by atoms with Crippen molar-refractivity contribution in [3.8, 4) is 22.6 Å². The Morgan fingerprint density at radius 3 is 2.00 bits per heavy atom. The van der Waals surface area contributed by atoms with Gasteiger partial charge in [0.05, 0.1) is 19.1 Å². The molecule has 3 rings (SSSR count). The molecule has 0 N–H and O–H groups in total. The Balaban J connectivity index is 1.24. The topological polar surface area (TPSA) is 80.3 Å². The monoisotopic (exact) mass is 560 g/mol. The van der Waals surface area contributed by atoms with Crippen molar-refractivity contribution in [1.29, 1.82) is 0 Å². The first-order valence-electron chi connectivity index (χ1n) is 13.8. The van der Waals surface area contributed by atoms with Crippen LogP contribution in [0.5, 0.6) is 11.5 Å². The Morgan fingerprint density at radius 2 is 1.43 bits per heavy atom. The molecule has 0 unspecified atom stereocenters. The molecule has 1 aliphatic heterocycles. The highest BCUT2D eigenvalue weighted by Gasteiger charge is 2.21. The van der Waals surface area contributed by atoms with Crippen LogP contribution in [0.3, 0.4) is 0 Å². The second-order valence-electron chi connectivity index (χ2n) is 9.95. The SMILES string of the molecule is C=C(C)C(=O)Oc1ccc(-c2cc(F)c(OCCCCCCCCCCOCC3COC(=O)OC3)c(F)c2)cc1. The van der Waals surface area contributed by atoms with E-state index in [2.05, 4.69) is 6.58 Å². The van der Waals surface area contributed by atoms with Crippen LogP contribution in [0.15, 0.2) is 48.6 Å². The van der Waals surface area contributed by atoms with Gasteiger partial charge in [-0.25, -0.2) is 18.4 Å². The van der Waals surface area contributed by atoms with E-state index in [-0.39, 0.29) is 23.8 Å². The normalized spacial score (nSPS) is 13.4. The minimum atomic E-state index is -0.757. The van der Waals surface area contributed by atoms with E-state index in [9.17, 15) is 18.4 Å². The van der Waals surface area contributed by atoms with Crippen molar-refractivity contribution in [2.45, 2.75) is 58.3 Å². The lowest BCUT2D eigenvalue weighted by atomic mass is 10.0. The average molecular weight is 561 g/mol. The van der Waals surface area contributed by atoms with E-state index in [0.717, 1.165) is 51.4 Å². The van der Waals surface area contributed by atoms with Gasteiger partial charge in [0.1, 0.15) is 19.0 Å². The summed E-state index contributed by atoms with van der Waals surface area (Å²) in [6.07, 6.45) is 7.55. The van der Waals surface area contributed by atoms with Crippen LogP contribution >= 0.6 is 0 Å². The smallest absolute Gasteiger partial charge is 0.488 e. The highest BCUT2D eigenvalue weighted by atomic mass is 19.1. The fraction of sp³-hybridized carbons (Fsp3) is 0.484. The zero-order chi connectivity index (χ0) is 28.7. The third-order valence-corrected chi connectivity index (χ3v) is 6.40. The number of carbonyl (C=O) groups excluding carboxylic acids is 2. The minimum Gasteiger partial charge on any atom is -0.488 e. The largest absolute Gasteiger partial charge is 0.508 e. The number of halogens is 2. The van der Waals surface area contributed by atoms with Crippen LogP contribution in [-0.4, -0.2) is 45.2 Å². The molecule has 0 aromatic heterocycles. The van der Waals surface area contributed by atoms with Gasteiger partial charge in [-0.2, -0.15) is 0 Å². The average Bonchev–Trinajstić information content (AvgIpc) is 2.93. The minimum absolute atomic E-state index is 0.111. The number of cyclic esters (lactones) is 2. The zero-order valence-electron chi connectivity index (χ0n) is 23.1. The second-order valence-corrected chi connectivity index (χ2v) is 9.95. The summed E-state index contributed by atoms with van der Waals surface area (Å²) in [6.45, 7) is 7.26. The number of benzene rings is 2. The lowest BCUT2D eigenvalue weighted by Crippen LogP contribution is -2.30. The van der Waals surface area contributed by atoms with E-state index in [1.807, 2.05) is 0 Å². The van der Waals surface area contributed by atoms with Crippen molar-refractivity contribution >= 4 is 12.1 Å². The highest BCUT2D eigenvalue weighted by molar-refractivity contribution is 5.88. The standard InChI is InChI=1S/C31H38F2O7/c1-22(2)30(34)40-26-13-11-24(12-14-26)25-17-27(32)29(28(33)18-25)37-16-10-8-6-4-3-5-7-9-15-36-19-23-20-38-31(35)39-21-23/h11-14,17-18,23H,1,3-10,15-16,19-21H2,2H3. The molecular weight excluding hydrogens is 522 g/mol. The van der Waals surface area contributed by atoms with Gasteiger partial charge in [-0.05, 0) is 55.2 Å². The Hall–Kier alpha value is -3.46. The van der Waals surface area contributed by atoms with Gasteiger partial charge >= 0.3 is 12.1 Å². The van der Waals surface area contributed by atoms with Crippen LogP contribution in [0, 0.1) is 17.6 Å². The van der Waals surface area contributed by atoms with Crippen LogP contribution in [0.2, 0.25) is 0 Å². The first kappa shape index (κ1) is 31.1. The Morgan fingerprint density at radius 1 is 0.875 bits per heavy atom. The number of hydrogen-bond acceptors (Lipinski definition) is 7. The molecule has 9 heteroatoms. The van der Waals surface area contributed by atoms with Crippen LogP contribution in [0.4, 0.5) is 13.6 Å². The molecule has 40 heavy (non-hydrogen) atoms. The molecule has 0 saturated carbocycles. The third-order valence-electron chi connectivity index (χ3n) is 6.40. The van der Waals surface area contributed by atoms with Crippen molar-refractivity contribution in [3.05, 3.63) is 60.2 Å². The molecule has 0 radical (unpaired) electrons. The number of carbonyl (C=O) groups is 2. The number of ether oxygens (including phenoxy) is 5. The Labute approximate surface area is 234 Å². The lowest BCUT2D eigenvalue weighted by molar-refractivity contribution is -0.130. The van der Waals surface area contributed by atoms with Crippen molar-refractivity contribution in [1.82, 2.24) is 0 Å². The highest BCUT2D eigenvalue weighted by Crippen LogP contribution is 2.30. The molecule has 218 valence electrons. The number of rotatable bonds is 17. The summed E-state index contributed by atoms with van der Waals surface area (Å²) in [5.74, 6) is -1.99. The van der Waals surface area contributed by atoms with Gasteiger partial charge in [0, 0.05) is 12.2 Å². The maximum absolute atomic E-state index is 14.6. The maximum atomic E-state index is 14.6. The summed E-state index contributed by atoms with van der Waals surface area (Å²) < 4.78 is 55.0. The molecule has 1 saturated heterocycles. The molecule has 0 bridgehead atoms. The van der Waals surface area contributed by atoms with E-state index in [0.29, 0.717) is 43.3 Å². The van der Waals surface area contributed by atoms with Gasteiger partial charge in [-0.1, -0.05) is 57.2 Å². The summed E-state index contributed by atoms with van der Waals surface area (Å²) in [7, 11) is 0. The van der Waals surface area contributed by atoms with E-state index in [4.69, 9.17) is 23.7 Å². The zero-order valence-corrected chi connectivity index (χ0v) is 23.1. The molecule has 0 aliphatic carbocycles. The summed E-state index contributed by atoms with van der Waals surface area (Å²) in [4.78, 5) is 22.4. The molecule has 7 nitrogen and oxygen atoms in total. The van der Waals surface area contributed by atoms with Crippen molar-refractivity contribution < 1.29 is 42.1 Å². The predicted molar refractivity (Wildman–Crippen MR) is 146 cm³/mol. The molecule has 2 aromatic rings. The van der Waals surface area contributed by atoms with Crippen LogP contribution < -0.4 is 9.47 Å². The molecular formula is C31H38F2O7. The summed E-state index contributed by atoms with van der Waals surface area (Å²) in [5.41, 5.74) is 1.21. The summed E-state index contributed by atoms with van der Waals surface area (Å²) >= 11 is 0. The molecule has 0 spiro atoms. The lowest BCUT2D eigenvalue weighted by Gasteiger charge is -2.21. The van der Waals surface area contributed by atoms with Gasteiger partial charge < -0.3 is 23.7 Å². The third kappa shape index (κ3) is 10.6. The quantitative estimate of drug-likeness (QED) is 0.0862. The number of unbranched alkanes of at least 4 members (excludes halogenated alkanes) is 7. The van der Waals surface area contributed by atoms with E-state index < -0.39 is 23.8 Å². The van der Waals surface area contributed by atoms with Gasteiger partial charge in [-0.15, -0.1) is 0 Å². The molecule has 0 atom stereocenters. The predicted octanol–water partition coefficient (Wildman–Crippen LogP) is 7.41. The van der Waals surface area contributed by atoms with E-state index in [1.165, 1.54) is 12.1 Å². The summed E-state index contributed by atoms with van der Waals surface area (Å²) in [6, 6.07) is 8.83. The van der Waals surface area contributed by atoms with Gasteiger partial charge in [0.25, 0.3) is 0 Å². The van der Waals surface area contributed by atoms with Crippen LogP contribution in [-0.2, 0) is 19.0 Å². The van der Waals surface area contributed by atoms with E-state index >= 15 is 0 Å². The van der Waals surface area contributed by atoms with Gasteiger partial charge in [0.15, 0.2) is 17.4 Å². The van der Waals surface area contributed by atoms with Gasteiger partial charge in [0.2, 0.25) is 0 Å². The second kappa shape index (κ2) is 16.6. The molecule has 1 heterocycles. The Bertz CT molecular complexity index is 1080. The first-order valence-corrected chi connectivity index (χ1v) is 13.8. The maximum Gasteiger partial charge on any atom is 0.508 e. The molecule has 0 amide bonds. The number of hydrogen-bond donors (Lipinski definition) is 0. The first-order chi connectivity index (χ1) is 19.3. The number of esters is 1. The summed E-state index contributed by atoms with van der Waals surface area (Å²) in [5, 5.41) is 0. The molecule has 1 fully saturated rings. The molecule has 1 aliphatic rings. The van der Waals surface area contributed by atoms with Crippen LogP contribution in [0.1, 0.15) is 58.3 Å². The van der Waals surface area contributed by atoms with Crippen LogP contribution in [0.25, 0.3) is 11.1 Å². The Kier molecular flexibility index (Phi) is 12.9. The fourth-order valence-electron chi connectivity index (χ4n) is 4.12. The van der Waals surface area contributed by atoms with E-state index in [1.54, 1.807) is 31.2 Å². The molecule has 2 aromatic carbocycles. The van der Waals surface area contributed by atoms with Crippen molar-refractivity contribution in [3.63, 3.8) is 0 Å². The van der Waals surface area contributed by atoms with Crippen molar-refractivity contribution in [2.75, 3.05) is 33.0 Å². The van der Waals surface area contributed by atoms with Crippen molar-refractivity contribution in [2.24, 2.45) is 5.92 Å².